The van der Waals surface area contributed by atoms with Crippen LogP contribution in [0.2, 0.25) is 0 Å². The lowest BCUT2D eigenvalue weighted by molar-refractivity contribution is -0.146. The number of carboxylic acid groups (broad SMARTS) is 1. The smallest absolute Gasteiger partial charge is 0.313 e. The van der Waals surface area contributed by atoms with E-state index in [2.05, 4.69) is 0 Å². The van der Waals surface area contributed by atoms with Crippen LogP contribution in [0.5, 0.6) is 17.2 Å². The van der Waals surface area contributed by atoms with E-state index in [4.69, 9.17) is 18.3 Å². The molecule has 1 unspecified atom stereocenters. The van der Waals surface area contributed by atoms with E-state index >= 15 is 0 Å². The Bertz CT molecular complexity index is 1090. The third-order valence-corrected chi connectivity index (χ3v) is 6.05. The quantitative estimate of drug-likeness (QED) is 0.754. The minimum absolute atomic E-state index is 0.0490. The van der Waals surface area contributed by atoms with Gasteiger partial charge in [-0.1, -0.05) is 18.2 Å². The van der Waals surface area contributed by atoms with Crippen molar-refractivity contribution < 1.29 is 33.0 Å². The van der Waals surface area contributed by atoms with Crippen molar-refractivity contribution in [3.8, 4) is 28.4 Å². The molecule has 2 aliphatic rings. The van der Waals surface area contributed by atoms with Crippen LogP contribution in [0.15, 0.2) is 30.3 Å². The molecular formula is C23H24O6. The standard InChI is InChI=1S/C23H24O6/c1-13(23(11-12-23)22(25)26)29-20-17(8-10-19(27-2)21(20)28-3)14-5-4-6-16-15(14)7-9-18(16)24/h4-6,8,10,13H,7,9,11-12H2,1-3H3,(H,25,26)/i3D3. The van der Waals surface area contributed by atoms with Crippen molar-refractivity contribution >= 4 is 11.8 Å². The van der Waals surface area contributed by atoms with Crippen LogP contribution >= 0.6 is 0 Å². The zero-order valence-corrected chi connectivity index (χ0v) is 16.3. The van der Waals surface area contributed by atoms with Gasteiger partial charge in [-0.3, -0.25) is 9.59 Å². The average molecular weight is 399 g/mol. The van der Waals surface area contributed by atoms with Gasteiger partial charge in [-0.2, -0.15) is 0 Å². The van der Waals surface area contributed by atoms with E-state index < -0.39 is 24.5 Å². The predicted molar refractivity (Wildman–Crippen MR) is 107 cm³/mol. The Morgan fingerprint density at radius 2 is 1.86 bits per heavy atom. The number of ether oxygens (including phenoxy) is 3. The van der Waals surface area contributed by atoms with Gasteiger partial charge in [0.05, 0.1) is 18.3 Å². The summed E-state index contributed by atoms with van der Waals surface area (Å²) < 4.78 is 39.6. The molecule has 1 N–H and O–H groups in total. The molecule has 0 radical (unpaired) electrons. The lowest BCUT2D eigenvalue weighted by Crippen LogP contribution is -2.32. The Labute approximate surface area is 173 Å². The third-order valence-electron chi connectivity index (χ3n) is 6.05. The van der Waals surface area contributed by atoms with Crippen molar-refractivity contribution in [2.75, 3.05) is 14.1 Å². The molecular weight excluding hydrogens is 372 g/mol. The fourth-order valence-corrected chi connectivity index (χ4v) is 4.09. The van der Waals surface area contributed by atoms with Gasteiger partial charge in [0.1, 0.15) is 11.5 Å². The zero-order chi connectivity index (χ0) is 23.3. The summed E-state index contributed by atoms with van der Waals surface area (Å²) in [5.74, 6) is -0.795. The molecule has 29 heavy (non-hydrogen) atoms. The Morgan fingerprint density at radius 1 is 1.10 bits per heavy atom. The van der Waals surface area contributed by atoms with Crippen LogP contribution in [0.1, 0.15) is 46.2 Å². The Morgan fingerprint density at radius 3 is 2.52 bits per heavy atom. The Balaban J connectivity index is 1.90. The summed E-state index contributed by atoms with van der Waals surface area (Å²) in [4.78, 5) is 24.1. The van der Waals surface area contributed by atoms with Gasteiger partial charge in [0.25, 0.3) is 0 Å². The molecule has 0 bridgehead atoms. The number of Topliss-reactive ketones (excluding diaryl/α,β-unsaturated/α-hetero) is 1. The number of aliphatic carboxylic acids is 1. The first-order valence-electron chi connectivity index (χ1n) is 11.0. The predicted octanol–water partition coefficient (Wildman–Crippen LogP) is 4.13. The van der Waals surface area contributed by atoms with Crippen LogP contribution in [0.3, 0.4) is 0 Å². The number of fused-ring (bicyclic) bond motifs is 1. The maximum absolute atomic E-state index is 12.3. The second-order valence-electron chi connectivity index (χ2n) is 7.55. The van der Waals surface area contributed by atoms with E-state index in [0.717, 1.165) is 5.56 Å². The van der Waals surface area contributed by atoms with Crippen molar-refractivity contribution in [1.82, 2.24) is 0 Å². The van der Waals surface area contributed by atoms with Gasteiger partial charge in [0, 0.05) is 17.5 Å². The second kappa shape index (κ2) is 7.10. The topological polar surface area (TPSA) is 82.1 Å². The van der Waals surface area contributed by atoms with Gasteiger partial charge in [-0.25, -0.2) is 0 Å². The van der Waals surface area contributed by atoms with Gasteiger partial charge < -0.3 is 19.3 Å². The fraction of sp³-hybridized carbons (Fsp3) is 0.391. The largest absolute Gasteiger partial charge is 0.493 e. The van der Waals surface area contributed by atoms with E-state index in [1.807, 2.05) is 6.07 Å². The molecule has 1 saturated carbocycles. The number of carbonyl (C=O) groups is 2. The van der Waals surface area contributed by atoms with Crippen LogP contribution in [-0.2, 0) is 11.2 Å². The van der Waals surface area contributed by atoms with Gasteiger partial charge in [0.2, 0.25) is 5.75 Å². The highest BCUT2D eigenvalue weighted by Crippen LogP contribution is 2.53. The Kier molecular flexibility index (Phi) is 3.88. The summed E-state index contributed by atoms with van der Waals surface area (Å²) in [6.07, 6.45) is 1.14. The SMILES string of the molecule is [2H]C([2H])([2H])Oc1c(OC)ccc(-c2cccc3c2CCC3=O)c1OC(C)C1(C(=O)O)CC1. The number of rotatable bonds is 7. The van der Waals surface area contributed by atoms with Crippen molar-refractivity contribution in [2.24, 2.45) is 5.41 Å². The normalized spacial score (nSPS) is 19.4. The number of benzene rings is 2. The number of carbonyl (C=O) groups excluding carboxylic acids is 1. The molecule has 1 fully saturated rings. The number of methoxy groups -OCH3 is 2. The van der Waals surface area contributed by atoms with Gasteiger partial charge in [-0.05, 0) is 49.4 Å². The molecule has 6 nitrogen and oxygen atoms in total. The summed E-state index contributed by atoms with van der Waals surface area (Å²) in [6.45, 7) is 1.66. The van der Waals surface area contributed by atoms with E-state index in [9.17, 15) is 14.7 Å². The first kappa shape index (κ1) is 15.9. The van der Waals surface area contributed by atoms with Crippen LogP contribution in [0.4, 0.5) is 0 Å². The monoisotopic (exact) mass is 399 g/mol. The van der Waals surface area contributed by atoms with E-state index in [1.54, 1.807) is 31.2 Å². The highest BCUT2D eigenvalue weighted by Gasteiger charge is 2.56. The van der Waals surface area contributed by atoms with Gasteiger partial charge >= 0.3 is 5.97 Å². The molecule has 0 saturated heterocycles. The minimum Gasteiger partial charge on any atom is -0.493 e. The first-order valence-corrected chi connectivity index (χ1v) is 9.53. The van der Waals surface area contributed by atoms with E-state index in [-0.39, 0.29) is 23.0 Å². The van der Waals surface area contributed by atoms with Crippen molar-refractivity contribution in [1.29, 1.82) is 0 Å². The van der Waals surface area contributed by atoms with Crippen LogP contribution in [0.25, 0.3) is 11.1 Å². The molecule has 0 aromatic heterocycles. The Hall–Kier alpha value is -3.02. The number of carboxylic acids is 1. The van der Waals surface area contributed by atoms with Crippen LogP contribution in [-0.4, -0.2) is 37.1 Å². The number of hydrogen-bond acceptors (Lipinski definition) is 5. The third kappa shape index (κ3) is 3.03. The molecule has 0 heterocycles. The lowest BCUT2D eigenvalue weighted by Gasteiger charge is -2.25. The van der Waals surface area contributed by atoms with Crippen molar-refractivity contribution in [3.05, 3.63) is 41.5 Å². The summed E-state index contributed by atoms with van der Waals surface area (Å²) >= 11 is 0. The summed E-state index contributed by atoms with van der Waals surface area (Å²) in [6, 6.07) is 8.66. The van der Waals surface area contributed by atoms with E-state index in [0.29, 0.717) is 42.4 Å². The maximum atomic E-state index is 12.3. The van der Waals surface area contributed by atoms with Gasteiger partial charge in [-0.15, -0.1) is 0 Å². The van der Waals surface area contributed by atoms with Gasteiger partial charge in [0.15, 0.2) is 17.3 Å². The molecule has 0 aliphatic heterocycles. The van der Waals surface area contributed by atoms with Crippen LogP contribution in [0, 0.1) is 5.41 Å². The molecule has 2 aliphatic carbocycles. The molecule has 152 valence electrons. The number of ketones is 1. The fourth-order valence-electron chi connectivity index (χ4n) is 4.09. The van der Waals surface area contributed by atoms with Crippen LogP contribution < -0.4 is 14.2 Å². The molecule has 6 heteroatoms. The highest BCUT2D eigenvalue weighted by atomic mass is 16.5. The molecule has 0 spiro atoms. The summed E-state index contributed by atoms with van der Waals surface area (Å²) in [5.41, 5.74) is 1.67. The molecule has 0 amide bonds. The lowest BCUT2D eigenvalue weighted by atomic mass is 9.95. The summed E-state index contributed by atoms with van der Waals surface area (Å²) in [7, 11) is -1.40. The zero-order valence-electron chi connectivity index (χ0n) is 19.3. The molecule has 2 aromatic rings. The van der Waals surface area contributed by atoms with Crippen molar-refractivity contribution in [2.45, 2.75) is 38.7 Å². The molecule has 4 rings (SSSR count). The maximum Gasteiger partial charge on any atom is 0.313 e. The first-order chi connectivity index (χ1) is 15.1. The second-order valence-corrected chi connectivity index (χ2v) is 7.55. The highest BCUT2D eigenvalue weighted by molar-refractivity contribution is 6.02. The molecule has 2 aromatic carbocycles. The molecule has 1 atom stereocenters. The average Bonchev–Trinajstić information content (AvgIpc) is 3.47. The van der Waals surface area contributed by atoms with E-state index in [1.165, 1.54) is 7.11 Å². The summed E-state index contributed by atoms with van der Waals surface area (Å²) in [5, 5.41) is 9.69. The number of hydrogen-bond donors (Lipinski definition) is 1. The minimum atomic E-state index is -2.79. The van der Waals surface area contributed by atoms with Crippen molar-refractivity contribution in [3.63, 3.8) is 0 Å².